The number of hydrogen-bond donors (Lipinski definition) is 1. The number of nitrogens with zero attached hydrogens (tertiary/aromatic N) is 1. The van der Waals surface area contributed by atoms with Crippen LogP contribution in [0.3, 0.4) is 0 Å². The van der Waals surface area contributed by atoms with Crippen molar-refractivity contribution in [2.45, 2.75) is 19.9 Å². The molecule has 1 atom stereocenters. The fraction of sp³-hybridized carbons (Fsp3) is 0.250. The van der Waals surface area contributed by atoms with Gasteiger partial charge in [-0.05, 0) is 42.7 Å². The Labute approximate surface area is 118 Å². The highest BCUT2D eigenvalue weighted by molar-refractivity contribution is 5.48. The van der Waals surface area contributed by atoms with Gasteiger partial charge in [-0.25, -0.2) is 0 Å². The van der Waals surface area contributed by atoms with Crippen molar-refractivity contribution in [3.8, 4) is 0 Å². The molecule has 20 heavy (non-hydrogen) atoms. The number of aryl methyl sites for hydroxylation is 2. The topological polar surface area (TPSA) is 55.2 Å². The van der Waals surface area contributed by atoms with Crippen LogP contribution in [0.2, 0.25) is 0 Å². The summed E-state index contributed by atoms with van der Waals surface area (Å²) in [6.45, 7) is 3.83. The molecule has 2 aromatic rings. The summed E-state index contributed by atoms with van der Waals surface area (Å²) in [7, 11) is 0. The minimum atomic E-state index is -0.326. The number of anilines is 1. The van der Waals surface area contributed by atoms with E-state index in [-0.39, 0.29) is 17.5 Å². The molecule has 0 saturated carbocycles. The van der Waals surface area contributed by atoms with Crippen LogP contribution >= 0.6 is 0 Å². The highest BCUT2D eigenvalue weighted by Gasteiger charge is 2.19. The van der Waals surface area contributed by atoms with Crippen LogP contribution in [0.4, 0.5) is 5.69 Å². The fourth-order valence-electron chi connectivity index (χ4n) is 2.28. The molecule has 0 spiro atoms. The van der Waals surface area contributed by atoms with Gasteiger partial charge in [-0.3, -0.25) is 10.1 Å². The molecule has 4 nitrogen and oxygen atoms in total. The van der Waals surface area contributed by atoms with Crippen LogP contribution in [0.15, 0.2) is 48.5 Å². The van der Waals surface area contributed by atoms with Crippen molar-refractivity contribution < 1.29 is 4.92 Å². The first-order valence-electron chi connectivity index (χ1n) is 6.57. The fourth-order valence-corrected chi connectivity index (χ4v) is 2.28. The van der Waals surface area contributed by atoms with Gasteiger partial charge in [0.15, 0.2) is 0 Å². The smallest absolute Gasteiger partial charge is 0.227 e. The lowest BCUT2D eigenvalue weighted by molar-refractivity contribution is -0.482. The SMILES string of the molecule is Cc1cccc(NC(C[N+](=O)[O-])c2ccccc2C)c1. The molecule has 2 aromatic carbocycles. The third-order valence-electron chi connectivity index (χ3n) is 3.25. The second-order valence-corrected chi connectivity index (χ2v) is 4.94. The quantitative estimate of drug-likeness (QED) is 0.665. The highest BCUT2D eigenvalue weighted by atomic mass is 16.6. The van der Waals surface area contributed by atoms with E-state index in [4.69, 9.17) is 0 Å². The number of nitro groups is 1. The standard InChI is InChI=1S/C16H18N2O2/c1-12-6-5-8-14(10-12)17-16(11-18(19)20)15-9-4-3-7-13(15)2/h3-10,16-17H,11H2,1-2H3. The van der Waals surface area contributed by atoms with Crippen molar-refractivity contribution in [3.63, 3.8) is 0 Å². The van der Waals surface area contributed by atoms with Crippen LogP contribution in [-0.4, -0.2) is 11.5 Å². The molecule has 0 amide bonds. The summed E-state index contributed by atoms with van der Waals surface area (Å²) in [4.78, 5) is 10.6. The summed E-state index contributed by atoms with van der Waals surface area (Å²) in [6.07, 6.45) is 0. The monoisotopic (exact) mass is 270 g/mol. The number of benzene rings is 2. The maximum Gasteiger partial charge on any atom is 0.227 e. The average molecular weight is 270 g/mol. The zero-order valence-electron chi connectivity index (χ0n) is 11.7. The van der Waals surface area contributed by atoms with Crippen LogP contribution in [0, 0.1) is 24.0 Å². The van der Waals surface area contributed by atoms with E-state index in [1.165, 1.54) is 0 Å². The number of hydrogen-bond acceptors (Lipinski definition) is 3. The molecule has 0 saturated heterocycles. The van der Waals surface area contributed by atoms with Crippen LogP contribution in [0.25, 0.3) is 0 Å². The van der Waals surface area contributed by atoms with E-state index in [0.717, 1.165) is 22.4 Å². The van der Waals surface area contributed by atoms with Crippen LogP contribution < -0.4 is 5.32 Å². The molecule has 0 aliphatic rings. The van der Waals surface area contributed by atoms with Crippen molar-refractivity contribution in [2.24, 2.45) is 0 Å². The van der Waals surface area contributed by atoms with Crippen LogP contribution in [-0.2, 0) is 0 Å². The summed E-state index contributed by atoms with van der Waals surface area (Å²) in [5, 5.41) is 14.2. The van der Waals surface area contributed by atoms with E-state index in [1.807, 2.05) is 62.4 Å². The minimum Gasteiger partial charge on any atom is -0.372 e. The molecule has 4 heteroatoms. The van der Waals surface area contributed by atoms with Crippen molar-refractivity contribution in [1.29, 1.82) is 0 Å². The lowest BCUT2D eigenvalue weighted by Crippen LogP contribution is -2.21. The maximum atomic E-state index is 10.9. The molecular formula is C16H18N2O2. The lowest BCUT2D eigenvalue weighted by Gasteiger charge is -2.19. The first-order chi connectivity index (χ1) is 9.56. The van der Waals surface area contributed by atoms with Gasteiger partial charge < -0.3 is 5.32 Å². The molecule has 0 aliphatic heterocycles. The van der Waals surface area contributed by atoms with Gasteiger partial charge in [0.25, 0.3) is 0 Å². The Morgan fingerprint density at radius 2 is 1.90 bits per heavy atom. The first-order valence-corrected chi connectivity index (χ1v) is 6.57. The predicted octanol–water partition coefficient (Wildman–Crippen LogP) is 3.73. The second kappa shape index (κ2) is 6.19. The van der Waals surface area contributed by atoms with E-state index in [2.05, 4.69) is 5.32 Å². The number of rotatable bonds is 5. The van der Waals surface area contributed by atoms with Gasteiger partial charge in [-0.2, -0.15) is 0 Å². The lowest BCUT2D eigenvalue weighted by atomic mass is 10.0. The van der Waals surface area contributed by atoms with E-state index < -0.39 is 0 Å². The minimum absolute atomic E-state index is 0.140. The van der Waals surface area contributed by atoms with Crippen molar-refractivity contribution >= 4 is 5.69 Å². The summed E-state index contributed by atoms with van der Waals surface area (Å²) in [5.74, 6) is 0. The summed E-state index contributed by atoms with van der Waals surface area (Å²) in [5.41, 5.74) is 4.05. The predicted molar refractivity (Wildman–Crippen MR) is 80.6 cm³/mol. The molecule has 0 aromatic heterocycles. The van der Waals surface area contributed by atoms with Gasteiger partial charge in [0.1, 0.15) is 6.04 Å². The van der Waals surface area contributed by atoms with E-state index >= 15 is 0 Å². The third-order valence-corrected chi connectivity index (χ3v) is 3.25. The van der Waals surface area contributed by atoms with Gasteiger partial charge >= 0.3 is 0 Å². The maximum absolute atomic E-state index is 10.9. The summed E-state index contributed by atoms with van der Waals surface area (Å²) >= 11 is 0. The Morgan fingerprint density at radius 3 is 2.55 bits per heavy atom. The zero-order chi connectivity index (χ0) is 14.5. The van der Waals surface area contributed by atoms with Gasteiger partial charge in [0.2, 0.25) is 6.54 Å². The van der Waals surface area contributed by atoms with Crippen molar-refractivity contribution in [2.75, 3.05) is 11.9 Å². The van der Waals surface area contributed by atoms with Crippen LogP contribution in [0.1, 0.15) is 22.7 Å². The van der Waals surface area contributed by atoms with Gasteiger partial charge in [0.05, 0.1) is 0 Å². The average Bonchev–Trinajstić information content (AvgIpc) is 2.38. The van der Waals surface area contributed by atoms with Gasteiger partial charge in [-0.15, -0.1) is 0 Å². The molecule has 0 bridgehead atoms. The molecule has 2 rings (SSSR count). The third kappa shape index (κ3) is 3.57. The Bertz CT molecular complexity index is 611. The molecule has 104 valence electrons. The molecule has 0 fully saturated rings. The molecule has 1 N–H and O–H groups in total. The van der Waals surface area contributed by atoms with E-state index in [9.17, 15) is 10.1 Å². The molecular weight excluding hydrogens is 252 g/mol. The molecule has 0 radical (unpaired) electrons. The van der Waals surface area contributed by atoms with Crippen molar-refractivity contribution in [1.82, 2.24) is 0 Å². The van der Waals surface area contributed by atoms with E-state index in [1.54, 1.807) is 0 Å². The first kappa shape index (κ1) is 14.1. The molecule has 0 heterocycles. The second-order valence-electron chi connectivity index (χ2n) is 4.94. The summed E-state index contributed by atoms with van der Waals surface area (Å²) < 4.78 is 0. The Balaban J connectivity index is 2.29. The normalized spacial score (nSPS) is 11.9. The summed E-state index contributed by atoms with van der Waals surface area (Å²) in [6, 6.07) is 15.3. The van der Waals surface area contributed by atoms with Gasteiger partial charge in [-0.1, -0.05) is 36.4 Å². The zero-order valence-corrected chi connectivity index (χ0v) is 11.7. The van der Waals surface area contributed by atoms with Crippen molar-refractivity contribution in [3.05, 3.63) is 75.3 Å². The molecule has 0 aliphatic carbocycles. The Hall–Kier alpha value is -2.36. The Kier molecular flexibility index (Phi) is 4.35. The highest BCUT2D eigenvalue weighted by Crippen LogP contribution is 2.23. The largest absolute Gasteiger partial charge is 0.372 e. The Morgan fingerprint density at radius 1 is 1.15 bits per heavy atom. The number of nitrogens with one attached hydrogen (secondary N) is 1. The van der Waals surface area contributed by atoms with E-state index in [0.29, 0.717) is 0 Å². The molecule has 1 unspecified atom stereocenters. The van der Waals surface area contributed by atoms with Crippen LogP contribution in [0.5, 0.6) is 0 Å². The van der Waals surface area contributed by atoms with Gasteiger partial charge in [0, 0.05) is 10.6 Å².